The fraction of sp³-hybridized carbons (Fsp3) is 0.357. The number of fused-ring (bicyclic) bond motifs is 1. The number of nitrogens with zero attached hydrogens (tertiary/aromatic N) is 1. The topological polar surface area (TPSA) is 50.9 Å². The second-order valence-electron chi connectivity index (χ2n) is 4.96. The molecule has 0 amide bonds. The largest absolute Gasteiger partial charge is 0.397 e. The molecule has 0 saturated heterocycles. The molecule has 1 saturated carbocycles. The lowest BCUT2D eigenvalue weighted by molar-refractivity contribution is 0.787. The standard InChI is InChI=1S/C14H17N3/c1-9-7-10(9)8-17-13-5-6-16-14-11(13)3-2-4-12(14)15/h2-6,9-10H,7-8,15H2,1H3,(H,16,17). The average molecular weight is 227 g/mol. The molecule has 1 aromatic heterocycles. The van der Waals surface area contributed by atoms with E-state index in [1.165, 1.54) is 6.42 Å². The third kappa shape index (κ3) is 1.93. The van der Waals surface area contributed by atoms with Crippen LogP contribution in [0.15, 0.2) is 30.5 Å². The van der Waals surface area contributed by atoms with Crippen molar-refractivity contribution in [2.24, 2.45) is 11.8 Å². The monoisotopic (exact) mass is 227 g/mol. The molecule has 3 heteroatoms. The van der Waals surface area contributed by atoms with Gasteiger partial charge in [0.25, 0.3) is 0 Å². The Balaban J connectivity index is 1.90. The zero-order valence-electron chi connectivity index (χ0n) is 9.98. The van der Waals surface area contributed by atoms with Gasteiger partial charge in [0.1, 0.15) is 0 Å². The molecule has 1 fully saturated rings. The molecular formula is C14H17N3. The Labute approximate surface area is 101 Å². The minimum atomic E-state index is 0.742. The molecule has 3 N–H and O–H groups in total. The van der Waals surface area contributed by atoms with E-state index in [4.69, 9.17) is 5.73 Å². The fourth-order valence-electron chi connectivity index (χ4n) is 2.28. The Hall–Kier alpha value is -1.77. The van der Waals surface area contributed by atoms with Crippen LogP contribution in [0.1, 0.15) is 13.3 Å². The number of benzene rings is 1. The predicted octanol–water partition coefficient (Wildman–Crippen LogP) is 2.88. The maximum absolute atomic E-state index is 5.93. The fourth-order valence-corrected chi connectivity index (χ4v) is 2.28. The van der Waals surface area contributed by atoms with Gasteiger partial charge in [-0.15, -0.1) is 0 Å². The highest BCUT2D eigenvalue weighted by Gasteiger charge is 2.31. The van der Waals surface area contributed by atoms with Crippen LogP contribution in [0.25, 0.3) is 10.9 Å². The van der Waals surface area contributed by atoms with E-state index in [9.17, 15) is 0 Å². The highest BCUT2D eigenvalue weighted by Crippen LogP contribution is 2.38. The van der Waals surface area contributed by atoms with Crippen LogP contribution in [-0.4, -0.2) is 11.5 Å². The Morgan fingerprint density at radius 2 is 2.24 bits per heavy atom. The first-order valence-electron chi connectivity index (χ1n) is 6.13. The van der Waals surface area contributed by atoms with Crippen molar-refractivity contribution in [2.75, 3.05) is 17.6 Å². The minimum absolute atomic E-state index is 0.742. The first-order chi connectivity index (χ1) is 8.25. The molecular weight excluding hydrogens is 210 g/mol. The second kappa shape index (κ2) is 3.91. The molecule has 1 aliphatic rings. The van der Waals surface area contributed by atoms with Crippen LogP contribution < -0.4 is 11.1 Å². The van der Waals surface area contributed by atoms with Crippen LogP contribution in [0.3, 0.4) is 0 Å². The summed E-state index contributed by atoms with van der Waals surface area (Å²) in [5.74, 6) is 1.71. The van der Waals surface area contributed by atoms with E-state index in [2.05, 4.69) is 23.3 Å². The summed E-state index contributed by atoms with van der Waals surface area (Å²) in [7, 11) is 0. The molecule has 0 spiro atoms. The van der Waals surface area contributed by atoms with Gasteiger partial charge in [-0.3, -0.25) is 4.98 Å². The lowest BCUT2D eigenvalue weighted by Crippen LogP contribution is -2.05. The van der Waals surface area contributed by atoms with Gasteiger partial charge in [0.05, 0.1) is 11.2 Å². The van der Waals surface area contributed by atoms with E-state index in [0.29, 0.717) is 0 Å². The molecule has 1 heterocycles. The van der Waals surface area contributed by atoms with Gasteiger partial charge in [-0.1, -0.05) is 19.1 Å². The Bertz CT molecular complexity index is 550. The lowest BCUT2D eigenvalue weighted by Gasteiger charge is -2.09. The molecule has 0 aliphatic heterocycles. The number of nitrogens with one attached hydrogen (secondary N) is 1. The van der Waals surface area contributed by atoms with Gasteiger partial charge in [0.15, 0.2) is 0 Å². The van der Waals surface area contributed by atoms with Crippen molar-refractivity contribution in [2.45, 2.75) is 13.3 Å². The normalized spacial score (nSPS) is 22.6. The third-order valence-electron chi connectivity index (χ3n) is 3.63. The Morgan fingerprint density at radius 1 is 1.41 bits per heavy atom. The first kappa shape index (κ1) is 10.4. The summed E-state index contributed by atoms with van der Waals surface area (Å²) in [5.41, 5.74) is 8.70. The molecule has 2 atom stereocenters. The first-order valence-corrected chi connectivity index (χ1v) is 6.13. The predicted molar refractivity (Wildman–Crippen MR) is 71.9 cm³/mol. The van der Waals surface area contributed by atoms with Gasteiger partial charge in [0.2, 0.25) is 0 Å². The summed E-state index contributed by atoms with van der Waals surface area (Å²) < 4.78 is 0. The maximum Gasteiger partial charge on any atom is 0.0951 e. The zero-order valence-corrected chi connectivity index (χ0v) is 9.98. The van der Waals surface area contributed by atoms with Crippen LogP contribution in [0, 0.1) is 11.8 Å². The maximum atomic E-state index is 5.93. The van der Waals surface area contributed by atoms with Crippen molar-refractivity contribution in [1.82, 2.24) is 4.98 Å². The quantitative estimate of drug-likeness (QED) is 0.793. The van der Waals surface area contributed by atoms with Gasteiger partial charge >= 0.3 is 0 Å². The molecule has 0 radical (unpaired) electrons. The van der Waals surface area contributed by atoms with Gasteiger partial charge in [0, 0.05) is 23.8 Å². The molecule has 88 valence electrons. The van der Waals surface area contributed by atoms with E-state index in [0.717, 1.165) is 40.7 Å². The van der Waals surface area contributed by atoms with Crippen molar-refractivity contribution in [1.29, 1.82) is 0 Å². The van der Waals surface area contributed by atoms with Crippen molar-refractivity contribution in [3.8, 4) is 0 Å². The third-order valence-corrected chi connectivity index (χ3v) is 3.63. The van der Waals surface area contributed by atoms with Gasteiger partial charge in [-0.05, 0) is 30.4 Å². The molecule has 3 nitrogen and oxygen atoms in total. The van der Waals surface area contributed by atoms with Crippen molar-refractivity contribution in [3.05, 3.63) is 30.5 Å². The van der Waals surface area contributed by atoms with Crippen LogP contribution >= 0.6 is 0 Å². The van der Waals surface area contributed by atoms with E-state index >= 15 is 0 Å². The zero-order chi connectivity index (χ0) is 11.8. The van der Waals surface area contributed by atoms with Crippen molar-refractivity contribution in [3.63, 3.8) is 0 Å². The van der Waals surface area contributed by atoms with Crippen LogP contribution in [0.2, 0.25) is 0 Å². The second-order valence-corrected chi connectivity index (χ2v) is 4.96. The molecule has 1 aliphatic carbocycles. The molecule has 1 aromatic carbocycles. The minimum Gasteiger partial charge on any atom is -0.397 e. The van der Waals surface area contributed by atoms with Gasteiger partial charge < -0.3 is 11.1 Å². The summed E-state index contributed by atoms with van der Waals surface area (Å²) in [6.45, 7) is 3.35. The van der Waals surface area contributed by atoms with Crippen LogP contribution in [-0.2, 0) is 0 Å². The summed E-state index contributed by atoms with van der Waals surface area (Å²) in [4.78, 5) is 4.33. The van der Waals surface area contributed by atoms with E-state index in [1.807, 2.05) is 24.4 Å². The summed E-state index contributed by atoms with van der Waals surface area (Å²) in [6, 6.07) is 7.96. The smallest absolute Gasteiger partial charge is 0.0951 e. The number of anilines is 2. The van der Waals surface area contributed by atoms with Crippen LogP contribution in [0.5, 0.6) is 0 Å². The number of pyridine rings is 1. The van der Waals surface area contributed by atoms with Crippen molar-refractivity contribution < 1.29 is 0 Å². The SMILES string of the molecule is CC1CC1CNc1ccnc2c(N)cccc12. The molecule has 3 rings (SSSR count). The Morgan fingerprint density at radius 3 is 3.00 bits per heavy atom. The van der Waals surface area contributed by atoms with Crippen molar-refractivity contribution >= 4 is 22.3 Å². The molecule has 2 aromatic rings. The summed E-state index contributed by atoms with van der Waals surface area (Å²) in [5, 5.41) is 4.62. The lowest BCUT2D eigenvalue weighted by atomic mass is 10.1. The number of hydrogen-bond donors (Lipinski definition) is 2. The Kier molecular flexibility index (Phi) is 2.39. The number of para-hydroxylation sites is 1. The molecule has 17 heavy (non-hydrogen) atoms. The van der Waals surface area contributed by atoms with E-state index in [1.54, 1.807) is 0 Å². The average Bonchev–Trinajstić information content (AvgIpc) is 3.03. The van der Waals surface area contributed by atoms with Gasteiger partial charge in [-0.25, -0.2) is 0 Å². The van der Waals surface area contributed by atoms with Crippen LogP contribution in [0.4, 0.5) is 11.4 Å². The van der Waals surface area contributed by atoms with E-state index in [-0.39, 0.29) is 0 Å². The van der Waals surface area contributed by atoms with E-state index < -0.39 is 0 Å². The van der Waals surface area contributed by atoms with Gasteiger partial charge in [-0.2, -0.15) is 0 Å². The number of rotatable bonds is 3. The number of nitrogen functional groups attached to an aromatic ring is 1. The summed E-state index contributed by atoms with van der Waals surface area (Å²) in [6.07, 6.45) is 3.16. The number of hydrogen-bond acceptors (Lipinski definition) is 3. The summed E-state index contributed by atoms with van der Waals surface area (Å²) >= 11 is 0. The molecule has 0 bridgehead atoms. The molecule has 2 unspecified atom stereocenters. The highest BCUT2D eigenvalue weighted by atomic mass is 14.9. The number of aromatic nitrogens is 1. The highest BCUT2D eigenvalue weighted by molar-refractivity contribution is 5.97. The number of nitrogens with two attached hydrogens (primary N) is 1.